The Bertz CT molecular complexity index is 430. The second-order valence-electron chi connectivity index (χ2n) is 4.65. The van der Waals surface area contributed by atoms with Crippen molar-refractivity contribution in [2.24, 2.45) is 0 Å². The normalized spacial score (nSPS) is 12.6. The van der Waals surface area contributed by atoms with Crippen molar-refractivity contribution < 1.29 is 5.11 Å². The molecule has 2 N–H and O–H groups in total. The number of aliphatic hydroxyl groups excluding tert-OH is 1. The molecular weight excluding hydrogens is 234 g/mol. The standard InChI is InChI=1S/C17H21NO/c1-2-18-16(13-19)17(14-9-5-3-6-10-14)15-11-7-4-8-12-15/h3-12,16-19H,2,13H2,1H3. The first-order chi connectivity index (χ1) is 9.36. The largest absolute Gasteiger partial charge is 0.395 e. The van der Waals surface area contributed by atoms with Gasteiger partial charge in [-0.1, -0.05) is 67.6 Å². The molecule has 19 heavy (non-hydrogen) atoms. The van der Waals surface area contributed by atoms with Gasteiger partial charge < -0.3 is 10.4 Å². The summed E-state index contributed by atoms with van der Waals surface area (Å²) in [5.74, 6) is 0.173. The third-order valence-electron chi connectivity index (χ3n) is 3.38. The van der Waals surface area contributed by atoms with E-state index in [1.54, 1.807) is 0 Å². The molecule has 0 saturated heterocycles. The van der Waals surface area contributed by atoms with Gasteiger partial charge in [0.25, 0.3) is 0 Å². The molecule has 2 nitrogen and oxygen atoms in total. The molecule has 0 amide bonds. The number of hydrogen-bond donors (Lipinski definition) is 2. The SMILES string of the molecule is CCNC(CO)C(c1ccccc1)c1ccccc1. The predicted octanol–water partition coefficient (Wildman–Crippen LogP) is 2.79. The molecule has 2 rings (SSSR count). The van der Waals surface area contributed by atoms with Gasteiger partial charge >= 0.3 is 0 Å². The van der Waals surface area contributed by atoms with Crippen molar-refractivity contribution in [1.29, 1.82) is 0 Å². The summed E-state index contributed by atoms with van der Waals surface area (Å²) in [6.07, 6.45) is 0. The summed E-state index contributed by atoms with van der Waals surface area (Å²) < 4.78 is 0. The first-order valence-electron chi connectivity index (χ1n) is 6.81. The van der Waals surface area contributed by atoms with Crippen LogP contribution in [0, 0.1) is 0 Å². The maximum Gasteiger partial charge on any atom is 0.0593 e. The number of likely N-dealkylation sites (N-methyl/N-ethyl adjacent to an activating group) is 1. The molecule has 0 aliphatic rings. The van der Waals surface area contributed by atoms with Crippen LogP contribution in [0.3, 0.4) is 0 Å². The summed E-state index contributed by atoms with van der Waals surface area (Å²) in [5.41, 5.74) is 2.46. The van der Waals surface area contributed by atoms with Crippen molar-refractivity contribution in [3.8, 4) is 0 Å². The number of hydrogen-bond acceptors (Lipinski definition) is 2. The van der Waals surface area contributed by atoms with Crippen LogP contribution in [0.1, 0.15) is 24.0 Å². The summed E-state index contributed by atoms with van der Waals surface area (Å²) >= 11 is 0. The summed E-state index contributed by atoms with van der Waals surface area (Å²) in [4.78, 5) is 0. The third-order valence-corrected chi connectivity index (χ3v) is 3.38. The van der Waals surface area contributed by atoms with Crippen LogP contribution in [-0.4, -0.2) is 24.3 Å². The Morgan fingerprint density at radius 2 is 1.37 bits per heavy atom. The van der Waals surface area contributed by atoms with E-state index < -0.39 is 0 Å². The van der Waals surface area contributed by atoms with E-state index in [0.29, 0.717) is 0 Å². The fourth-order valence-electron chi connectivity index (χ4n) is 2.53. The Hall–Kier alpha value is -1.64. The number of benzene rings is 2. The van der Waals surface area contributed by atoms with Gasteiger partial charge in [0.1, 0.15) is 0 Å². The van der Waals surface area contributed by atoms with Crippen molar-refractivity contribution in [3.05, 3.63) is 71.8 Å². The van der Waals surface area contributed by atoms with Crippen LogP contribution in [0.2, 0.25) is 0 Å². The molecule has 100 valence electrons. The van der Waals surface area contributed by atoms with Crippen molar-refractivity contribution in [1.82, 2.24) is 5.32 Å². The Kier molecular flexibility index (Phi) is 5.13. The summed E-state index contributed by atoms with van der Waals surface area (Å²) in [6, 6.07) is 20.8. The molecule has 0 fully saturated rings. The first kappa shape index (κ1) is 13.8. The van der Waals surface area contributed by atoms with E-state index in [2.05, 4.69) is 36.5 Å². The van der Waals surface area contributed by atoms with E-state index >= 15 is 0 Å². The lowest BCUT2D eigenvalue weighted by Gasteiger charge is -2.27. The number of rotatable bonds is 6. The first-order valence-corrected chi connectivity index (χ1v) is 6.81. The zero-order valence-corrected chi connectivity index (χ0v) is 11.3. The molecule has 1 unspecified atom stereocenters. The summed E-state index contributed by atoms with van der Waals surface area (Å²) in [7, 11) is 0. The molecule has 2 aromatic rings. The zero-order valence-electron chi connectivity index (χ0n) is 11.3. The maximum atomic E-state index is 9.69. The highest BCUT2D eigenvalue weighted by atomic mass is 16.3. The Labute approximate surface area is 115 Å². The van der Waals surface area contributed by atoms with Crippen LogP contribution in [-0.2, 0) is 0 Å². The lowest BCUT2D eigenvalue weighted by Crippen LogP contribution is -2.38. The lowest BCUT2D eigenvalue weighted by atomic mass is 9.85. The molecule has 2 heteroatoms. The molecule has 0 heterocycles. The lowest BCUT2D eigenvalue weighted by molar-refractivity contribution is 0.233. The van der Waals surface area contributed by atoms with Gasteiger partial charge in [-0.05, 0) is 17.7 Å². The highest BCUT2D eigenvalue weighted by Crippen LogP contribution is 2.27. The molecule has 0 aromatic heterocycles. The van der Waals surface area contributed by atoms with Gasteiger partial charge in [0, 0.05) is 12.0 Å². The Morgan fingerprint density at radius 1 is 0.895 bits per heavy atom. The second-order valence-corrected chi connectivity index (χ2v) is 4.65. The van der Waals surface area contributed by atoms with E-state index in [1.807, 2.05) is 36.4 Å². The maximum absolute atomic E-state index is 9.69. The zero-order chi connectivity index (χ0) is 13.5. The van der Waals surface area contributed by atoms with Crippen LogP contribution in [0.25, 0.3) is 0 Å². The van der Waals surface area contributed by atoms with Crippen molar-refractivity contribution in [2.45, 2.75) is 18.9 Å². The average Bonchev–Trinajstić information content (AvgIpc) is 2.49. The van der Waals surface area contributed by atoms with Crippen LogP contribution >= 0.6 is 0 Å². The molecule has 0 saturated carbocycles. The van der Waals surface area contributed by atoms with Gasteiger partial charge in [-0.2, -0.15) is 0 Å². The second kappa shape index (κ2) is 7.07. The van der Waals surface area contributed by atoms with Gasteiger partial charge in [-0.3, -0.25) is 0 Å². The topological polar surface area (TPSA) is 32.3 Å². The minimum absolute atomic E-state index is 0.0369. The summed E-state index contributed by atoms with van der Waals surface area (Å²) in [6.45, 7) is 3.04. The van der Waals surface area contributed by atoms with E-state index in [4.69, 9.17) is 0 Å². The minimum atomic E-state index is 0.0369. The van der Waals surface area contributed by atoms with Crippen LogP contribution in [0.5, 0.6) is 0 Å². The molecule has 0 bridgehead atoms. The van der Waals surface area contributed by atoms with E-state index in [9.17, 15) is 5.11 Å². The molecular formula is C17H21NO. The molecule has 0 aliphatic carbocycles. The quantitative estimate of drug-likeness (QED) is 0.832. The highest BCUT2D eigenvalue weighted by molar-refractivity contribution is 5.34. The van der Waals surface area contributed by atoms with Gasteiger partial charge in [0.15, 0.2) is 0 Å². The van der Waals surface area contributed by atoms with Gasteiger partial charge in [-0.15, -0.1) is 0 Å². The Balaban J connectivity index is 2.38. The molecule has 0 spiro atoms. The monoisotopic (exact) mass is 255 g/mol. The molecule has 0 aliphatic heterocycles. The third kappa shape index (κ3) is 3.43. The highest BCUT2D eigenvalue weighted by Gasteiger charge is 2.23. The Morgan fingerprint density at radius 3 is 1.74 bits per heavy atom. The fraction of sp³-hybridized carbons (Fsp3) is 0.294. The van der Waals surface area contributed by atoms with E-state index in [1.165, 1.54) is 11.1 Å². The number of nitrogens with one attached hydrogen (secondary N) is 1. The van der Waals surface area contributed by atoms with Crippen LogP contribution < -0.4 is 5.32 Å². The minimum Gasteiger partial charge on any atom is -0.395 e. The summed E-state index contributed by atoms with van der Waals surface area (Å²) in [5, 5.41) is 13.1. The number of aliphatic hydroxyl groups is 1. The van der Waals surface area contributed by atoms with Crippen molar-refractivity contribution >= 4 is 0 Å². The average molecular weight is 255 g/mol. The molecule has 1 atom stereocenters. The van der Waals surface area contributed by atoms with Gasteiger partial charge in [0.05, 0.1) is 6.61 Å². The van der Waals surface area contributed by atoms with Gasteiger partial charge in [0.2, 0.25) is 0 Å². The van der Waals surface area contributed by atoms with E-state index in [-0.39, 0.29) is 18.6 Å². The van der Waals surface area contributed by atoms with Gasteiger partial charge in [-0.25, -0.2) is 0 Å². The van der Waals surface area contributed by atoms with Crippen LogP contribution in [0.15, 0.2) is 60.7 Å². The van der Waals surface area contributed by atoms with Crippen molar-refractivity contribution in [3.63, 3.8) is 0 Å². The molecule has 2 aromatic carbocycles. The van der Waals surface area contributed by atoms with Crippen molar-refractivity contribution in [2.75, 3.05) is 13.2 Å². The predicted molar refractivity (Wildman–Crippen MR) is 79.3 cm³/mol. The van der Waals surface area contributed by atoms with E-state index in [0.717, 1.165) is 6.54 Å². The van der Waals surface area contributed by atoms with Crippen LogP contribution in [0.4, 0.5) is 0 Å². The smallest absolute Gasteiger partial charge is 0.0593 e. The molecule has 0 radical (unpaired) electrons. The fourth-order valence-corrected chi connectivity index (χ4v) is 2.53.